The zero-order valence-corrected chi connectivity index (χ0v) is 11.2. The van der Waals surface area contributed by atoms with E-state index in [0.717, 1.165) is 12.8 Å². The molecule has 116 valence electrons. The fraction of sp³-hybridized carbons (Fsp3) is 0.286. The molecule has 8 heteroatoms. The summed E-state index contributed by atoms with van der Waals surface area (Å²) in [6, 6.07) is 4.03. The van der Waals surface area contributed by atoms with Crippen LogP contribution < -0.4 is 16.1 Å². The number of carbonyl (C=O) groups excluding carboxylic acids is 1. The van der Waals surface area contributed by atoms with Crippen LogP contribution >= 0.6 is 0 Å². The number of halogens is 3. The third kappa shape index (κ3) is 3.05. The predicted molar refractivity (Wildman–Crippen MR) is 72.7 cm³/mol. The van der Waals surface area contributed by atoms with Crippen molar-refractivity contribution >= 4 is 22.7 Å². The Labute approximate surface area is 122 Å². The third-order valence-electron chi connectivity index (χ3n) is 3.18. The summed E-state index contributed by atoms with van der Waals surface area (Å²) in [6.07, 6.45) is -2.88. The van der Waals surface area contributed by atoms with Crippen LogP contribution in [0.4, 0.5) is 23.7 Å². The van der Waals surface area contributed by atoms with Gasteiger partial charge >= 0.3 is 12.2 Å². The van der Waals surface area contributed by atoms with Gasteiger partial charge in [-0.3, -0.25) is 4.79 Å². The highest BCUT2D eigenvalue weighted by molar-refractivity contribution is 5.92. The molecule has 2 N–H and O–H groups in total. The maximum Gasteiger partial charge on any atom is 0.449 e. The maximum absolute atomic E-state index is 12.6. The Hall–Kier alpha value is -2.51. The van der Waals surface area contributed by atoms with Gasteiger partial charge in [0, 0.05) is 17.8 Å². The van der Waals surface area contributed by atoms with E-state index in [0.29, 0.717) is 11.8 Å². The summed E-state index contributed by atoms with van der Waals surface area (Å²) in [6.45, 7) is 0. The van der Waals surface area contributed by atoms with Crippen LogP contribution in [0, 0.1) is 0 Å². The molecule has 0 saturated heterocycles. The molecule has 1 aliphatic carbocycles. The van der Waals surface area contributed by atoms with Gasteiger partial charge in [-0.2, -0.15) is 13.2 Å². The van der Waals surface area contributed by atoms with Crippen molar-refractivity contribution in [3.63, 3.8) is 0 Å². The van der Waals surface area contributed by atoms with Gasteiger partial charge in [0.2, 0.25) is 5.76 Å². The van der Waals surface area contributed by atoms with E-state index in [1.807, 2.05) is 0 Å². The first-order valence-corrected chi connectivity index (χ1v) is 6.55. The first-order chi connectivity index (χ1) is 10.3. The SMILES string of the molecule is O=C(Nc1ccc2oc(C(F)(F)F)cc(=O)c2c1)NC1CC1. The lowest BCUT2D eigenvalue weighted by molar-refractivity contribution is -0.152. The number of urea groups is 1. The summed E-state index contributed by atoms with van der Waals surface area (Å²) in [7, 11) is 0. The number of amides is 2. The van der Waals surface area contributed by atoms with E-state index in [9.17, 15) is 22.8 Å². The molecule has 3 rings (SSSR count). The highest BCUT2D eigenvalue weighted by atomic mass is 19.4. The molecule has 1 aliphatic rings. The van der Waals surface area contributed by atoms with Gasteiger partial charge in [-0.1, -0.05) is 0 Å². The number of rotatable bonds is 2. The summed E-state index contributed by atoms with van der Waals surface area (Å²) >= 11 is 0. The first kappa shape index (κ1) is 14.4. The predicted octanol–water partition coefficient (Wildman–Crippen LogP) is 3.10. The minimum absolute atomic E-state index is 0.0304. The van der Waals surface area contributed by atoms with Crippen molar-refractivity contribution in [3.8, 4) is 0 Å². The van der Waals surface area contributed by atoms with Crippen LogP contribution in [0.1, 0.15) is 18.6 Å². The standard InChI is InChI=1S/C14H11F3N2O3/c15-14(16,17)12-6-10(20)9-5-8(3-4-11(9)22-12)19-13(21)18-7-1-2-7/h3-7H,1-2H2,(H2,18,19,21). The fourth-order valence-corrected chi connectivity index (χ4v) is 1.95. The Balaban J connectivity index is 1.91. The molecular weight excluding hydrogens is 301 g/mol. The van der Waals surface area contributed by atoms with Crippen LogP contribution in [0.2, 0.25) is 0 Å². The van der Waals surface area contributed by atoms with Crippen molar-refractivity contribution in [2.45, 2.75) is 25.1 Å². The maximum atomic E-state index is 12.6. The Morgan fingerprint density at radius 1 is 1.23 bits per heavy atom. The first-order valence-electron chi connectivity index (χ1n) is 6.55. The summed E-state index contributed by atoms with van der Waals surface area (Å²) in [5, 5.41) is 5.19. The Morgan fingerprint density at radius 2 is 1.95 bits per heavy atom. The normalized spacial score (nSPS) is 14.9. The summed E-state index contributed by atoms with van der Waals surface area (Å²) in [4.78, 5) is 23.4. The van der Waals surface area contributed by atoms with Crippen molar-refractivity contribution in [2.24, 2.45) is 0 Å². The summed E-state index contributed by atoms with van der Waals surface area (Å²) in [5.74, 6) is -1.35. The van der Waals surface area contributed by atoms with Crippen LogP contribution in [0.15, 0.2) is 33.5 Å². The van der Waals surface area contributed by atoms with E-state index in [-0.39, 0.29) is 17.0 Å². The lowest BCUT2D eigenvalue weighted by atomic mass is 10.2. The molecule has 0 unspecified atom stereocenters. The second-order valence-electron chi connectivity index (χ2n) is 5.06. The molecule has 1 fully saturated rings. The number of benzene rings is 1. The molecule has 5 nitrogen and oxygen atoms in total. The lowest BCUT2D eigenvalue weighted by Crippen LogP contribution is -2.30. The molecule has 0 aliphatic heterocycles. The molecule has 0 atom stereocenters. The number of nitrogens with one attached hydrogen (secondary N) is 2. The molecule has 1 saturated carbocycles. The number of fused-ring (bicyclic) bond motifs is 1. The van der Waals surface area contributed by atoms with E-state index in [1.165, 1.54) is 18.2 Å². The topological polar surface area (TPSA) is 71.3 Å². The van der Waals surface area contributed by atoms with Crippen LogP contribution in [-0.2, 0) is 6.18 Å². The lowest BCUT2D eigenvalue weighted by Gasteiger charge is -2.09. The van der Waals surface area contributed by atoms with E-state index in [4.69, 9.17) is 0 Å². The number of hydrogen-bond acceptors (Lipinski definition) is 3. The van der Waals surface area contributed by atoms with Gasteiger partial charge in [0.15, 0.2) is 5.43 Å². The van der Waals surface area contributed by atoms with E-state index >= 15 is 0 Å². The number of anilines is 1. The largest absolute Gasteiger partial charge is 0.451 e. The average molecular weight is 312 g/mol. The zero-order chi connectivity index (χ0) is 15.9. The number of alkyl halides is 3. The summed E-state index contributed by atoms with van der Waals surface area (Å²) < 4.78 is 42.4. The fourth-order valence-electron chi connectivity index (χ4n) is 1.95. The van der Waals surface area contributed by atoms with E-state index < -0.39 is 23.4 Å². The van der Waals surface area contributed by atoms with Crippen LogP contribution in [0.25, 0.3) is 11.0 Å². The second-order valence-corrected chi connectivity index (χ2v) is 5.06. The van der Waals surface area contributed by atoms with Crippen LogP contribution in [0.3, 0.4) is 0 Å². The molecule has 2 amide bonds. The average Bonchev–Trinajstić information content (AvgIpc) is 3.22. The van der Waals surface area contributed by atoms with Crippen molar-refractivity contribution < 1.29 is 22.4 Å². The Bertz CT molecular complexity index is 794. The minimum atomic E-state index is -4.73. The quantitative estimate of drug-likeness (QED) is 0.895. The number of carbonyl (C=O) groups is 1. The molecule has 0 bridgehead atoms. The van der Waals surface area contributed by atoms with Gasteiger partial charge < -0.3 is 15.1 Å². The minimum Gasteiger partial charge on any atom is -0.451 e. The van der Waals surface area contributed by atoms with E-state index in [1.54, 1.807) is 0 Å². The second kappa shape index (κ2) is 5.04. The monoisotopic (exact) mass is 312 g/mol. The van der Waals surface area contributed by atoms with E-state index in [2.05, 4.69) is 15.1 Å². The molecule has 1 heterocycles. The van der Waals surface area contributed by atoms with Gasteiger partial charge in [-0.25, -0.2) is 4.79 Å². The number of hydrogen-bond donors (Lipinski definition) is 2. The van der Waals surface area contributed by atoms with Crippen LogP contribution in [0.5, 0.6) is 0 Å². The highest BCUT2D eigenvalue weighted by Gasteiger charge is 2.35. The van der Waals surface area contributed by atoms with Gasteiger partial charge in [-0.15, -0.1) is 0 Å². The smallest absolute Gasteiger partial charge is 0.449 e. The molecule has 1 aromatic heterocycles. The van der Waals surface area contributed by atoms with Gasteiger partial charge in [0.1, 0.15) is 5.58 Å². The molecular formula is C14H11F3N2O3. The zero-order valence-electron chi connectivity index (χ0n) is 11.2. The molecule has 22 heavy (non-hydrogen) atoms. The van der Waals surface area contributed by atoms with Gasteiger partial charge in [0.05, 0.1) is 5.39 Å². The Kier molecular flexibility index (Phi) is 3.31. The van der Waals surface area contributed by atoms with Crippen molar-refractivity contribution in [3.05, 3.63) is 40.2 Å². The van der Waals surface area contributed by atoms with Gasteiger partial charge in [-0.05, 0) is 31.0 Å². The molecule has 1 aromatic carbocycles. The highest BCUT2D eigenvalue weighted by Crippen LogP contribution is 2.30. The molecule has 0 radical (unpaired) electrons. The molecule has 0 spiro atoms. The van der Waals surface area contributed by atoms with Crippen molar-refractivity contribution in [2.75, 3.05) is 5.32 Å². The third-order valence-corrected chi connectivity index (χ3v) is 3.18. The van der Waals surface area contributed by atoms with Crippen LogP contribution in [-0.4, -0.2) is 12.1 Å². The van der Waals surface area contributed by atoms with Gasteiger partial charge in [0.25, 0.3) is 0 Å². The van der Waals surface area contributed by atoms with Crippen molar-refractivity contribution in [1.29, 1.82) is 0 Å². The summed E-state index contributed by atoms with van der Waals surface area (Å²) in [5.41, 5.74) is -0.703. The van der Waals surface area contributed by atoms with Crippen molar-refractivity contribution in [1.82, 2.24) is 5.32 Å². The molecule has 2 aromatic rings. The Morgan fingerprint density at radius 3 is 2.59 bits per heavy atom.